The molecule has 6 nitrogen and oxygen atoms in total. The zero-order valence-electron chi connectivity index (χ0n) is 17.4. The van der Waals surface area contributed by atoms with E-state index in [4.69, 9.17) is 0 Å². The molecule has 1 aliphatic rings. The number of benzene rings is 2. The lowest BCUT2D eigenvalue weighted by atomic mass is 10.1. The number of hydrogen-bond donors (Lipinski definition) is 2. The number of nitrogens with zero attached hydrogens (tertiary/aromatic N) is 1. The SMILES string of the molecule is Cc1ccc(S(=O)(=O)Nc2ccc(C(=O)NCC(C)N(C)C3CC3)cc2)cc1C. The van der Waals surface area contributed by atoms with Crippen molar-refractivity contribution >= 4 is 21.6 Å². The molecular formula is C22H29N3O3S. The number of nitrogens with one attached hydrogen (secondary N) is 2. The van der Waals surface area contributed by atoms with Crippen LogP contribution in [0.5, 0.6) is 0 Å². The molecule has 0 spiro atoms. The van der Waals surface area contributed by atoms with Gasteiger partial charge >= 0.3 is 0 Å². The van der Waals surface area contributed by atoms with Crippen LogP contribution >= 0.6 is 0 Å². The molecule has 2 aromatic carbocycles. The summed E-state index contributed by atoms with van der Waals surface area (Å²) >= 11 is 0. The minimum Gasteiger partial charge on any atom is -0.350 e. The fourth-order valence-corrected chi connectivity index (χ4v) is 4.26. The molecule has 156 valence electrons. The van der Waals surface area contributed by atoms with E-state index in [9.17, 15) is 13.2 Å². The maximum absolute atomic E-state index is 12.6. The van der Waals surface area contributed by atoms with Gasteiger partial charge < -0.3 is 5.32 Å². The van der Waals surface area contributed by atoms with Crippen molar-refractivity contribution in [1.82, 2.24) is 10.2 Å². The Morgan fingerprint density at radius 1 is 1.10 bits per heavy atom. The lowest BCUT2D eigenvalue weighted by Crippen LogP contribution is -2.41. The number of hydrogen-bond acceptors (Lipinski definition) is 4. The number of rotatable bonds is 8. The van der Waals surface area contributed by atoms with E-state index in [1.54, 1.807) is 42.5 Å². The average Bonchev–Trinajstić information content (AvgIpc) is 3.52. The molecular weight excluding hydrogens is 386 g/mol. The summed E-state index contributed by atoms with van der Waals surface area (Å²) in [6, 6.07) is 12.4. The monoisotopic (exact) mass is 415 g/mol. The predicted molar refractivity (Wildman–Crippen MR) is 116 cm³/mol. The number of aryl methyl sites for hydroxylation is 2. The summed E-state index contributed by atoms with van der Waals surface area (Å²) < 4.78 is 27.7. The smallest absolute Gasteiger partial charge is 0.261 e. The lowest BCUT2D eigenvalue weighted by Gasteiger charge is -2.24. The summed E-state index contributed by atoms with van der Waals surface area (Å²) in [5, 5.41) is 2.95. The zero-order chi connectivity index (χ0) is 21.2. The van der Waals surface area contributed by atoms with Crippen molar-refractivity contribution in [2.75, 3.05) is 18.3 Å². The summed E-state index contributed by atoms with van der Waals surface area (Å²) in [6.07, 6.45) is 2.46. The van der Waals surface area contributed by atoms with Crippen LogP contribution in [-0.2, 0) is 10.0 Å². The van der Waals surface area contributed by atoms with Crippen LogP contribution in [0.3, 0.4) is 0 Å². The molecule has 0 bridgehead atoms. The molecule has 0 radical (unpaired) electrons. The van der Waals surface area contributed by atoms with Crippen molar-refractivity contribution in [2.24, 2.45) is 0 Å². The van der Waals surface area contributed by atoms with Crippen molar-refractivity contribution in [1.29, 1.82) is 0 Å². The Kier molecular flexibility index (Phi) is 6.29. The fourth-order valence-electron chi connectivity index (χ4n) is 3.11. The number of sulfonamides is 1. The highest BCUT2D eigenvalue weighted by molar-refractivity contribution is 7.92. The van der Waals surface area contributed by atoms with Gasteiger partial charge in [0, 0.05) is 29.9 Å². The molecule has 0 heterocycles. The standard InChI is InChI=1S/C22H29N3O3S/c1-15-5-12-21(13-16(15)2)29(27,28)24-19-8-6-18(7-9-19)22(26)23-14-17(3)25(4)20-10-11-20/h5-9,12-13,17,20,24H,10-11,14H2,1-4H3,(H,23,26). The minimum absolute atomic E-state index is 0.162. The van der Waals surface area contributed by atoms with Gasteiger partial charge in [-0.25, -0.2) is 8.42 Å². The van der Waals surface area contributed by atoms with E-state index in [0.717, 1.165) is 11.1 Å². The molecule has 2 N–H and O–H groups in total. The molecule has 0 aliphatic heterocycles. The normalized spacial score (nSPS) is 15.2. The Labute approximate surface area is 173 Å². The van der Waals surface area contributed by atoms with Crippen LogP contribution in [0.25, 0.3) is 0 Å². The van der Waals surface area contributed by atoms with Crippen LogP contribution in [0.15, 0.2) is 47.4 Å². The first kappa shape index (κ1) is 21.3. The average molecular weight is 416 g/mol. The van der Waals surface area contributed by atoms with Gasteiger partial charge in [0.15, 0.2) is 0 Å². The van der Waals surface area contributed by atoms with Gasteiger partial charge in [0.1, 0.15) is 0 Å². The number of amides is 1. The van der Waals surface area contributed by atoms with E-state index in [0.29, 0.717) is 23.8 Å². The second kappa shape index (κ2) is 8.55. The van der Waals surface area contributed by atoms with Gasteiger partial charge in [0.05, 0.1) is 4.90 Å². The van der Waals surface area contributed by atoms with Crippen LogP contribution in [0.1, 0.15) is 41.3 Å². The maximum Gasteiger partial charge on any atom is 0.261 e. The highest BCUT2D eigenvalue weighted by atomic mass is 32.2. The molecule has 29 heavy (non-hydrogen) atoms. The highest BCUT2D eigenvalue weighted by Crippen LogP contribution is 2.26. The zero-order valence-corrected chi connectivity index (χ0v) is 18.2. The van der Waals surface area contributed by atoms with Crippen molar-refractivity contribution in [3.05, 3.63) is 59.2 Å². The number of carbonyl (C=O) groups is 1. The third kappa shape index (κ3) is 5.36. The van der Waals surface area contributed by atoms with E-state index in [-0.39, 0.29) is 16.8 Å². The summed E-state index contributed by atoms with van der Waals surface area (Å²) in [4.78, 5) is 14.9. The van der Waals surface area contributed by atoms with E-state index in [1.807, 2.05) is 13.8 Å². The summed E-state index contributed by atoms with van der Waals surface area (Å²) in [7, 11) is -1.59. The third-order valence-corrected chi connectivity index (χ3v) is 6.94. The summed E-state index contributed by atoms with van der Waals surface area (Å²) in [6.45, 7) is 6.49. The van der Waals surface area contributed by atoms with Crippen molar-refractivity contribution in [3.8, 4) is 0 Å². The quantitative estimate of drug-likeness (QED) is 0.693. The van der Waals surface area contributed by atoms with Crippen molar-refractivity contribution in [3.63, 3.8) is 0 Å². The largest absolute Gasteiger partial charge is 0.350 e. The molecule has 1 fully saturated rings. The Balaban J connectivity index is 1.60. The molecule has 1 unspecified atom stereocenters. The Hall–Kier alpha value is -2.38. The molecule has 3 rings (SSSR count). The molecule has 1 aliphatic carbocycles. The number of likely N-dealkylation sites (N-methyl/N-ethyl adjacent to an activating group) is 1. The Morgan fingerprint density at radius 3 is 2.34 bits per heavy atom. The first-order valence-electron chi connectivity index (χ1n) is 9.87. The van der Waals surface area contributed by atoms with Gasteiger partial charge in [-0.1, -0.05) is 6.07 Å². The third-order valence-electron chi connectivity index (χ3n) is 5.56. The number of carbonyl (C=O) groups excluding carboxylic acids is 1. The van der Waals surface area contributed by atoms with Crippen LogP contribution in [0.4, 0.5) is 5.69 Å². The summed E-state index contributed by atoms with van der Waals surface area (Å²) in [5.74, 6) is -0.162. The molecule has 0 saturated heterocycles. The Morgan fingerprint density at radius 2 is 1.76 bits per heavy atom. The molecule has 7 heteroatoms. The van der Waals surface area contributed by atoms with Gasteiger partial charge in [0.2, 0.25) is 0 Å². The highest BCUT2D eigenvalue weighted by Gasteiger charge is 2.29. The molecule has 1 amide bonds. The molecule has 0 aromatic heterocycles. The van der Waals surface area contributed by atoms with Crippen LogP contribution in [0, 0.1) is 13.8 Å². The van der Waals surface area contributed by atoms with E-state index in [1.165, 1.54) is 12.8 Å². The summed E-state index contributed by atoms with van der Waals surface area (Å²) in [5.41, 5.74) is 2.88. The van der Waals surface area contributed by atoms with Gasteiger partial charge in [0.25, 0.3) is 15.9 Å². The second-order valence-corrected chi connectivity index (χ2v) is 9.57. The first-order chi connectivity index (χ1) is 13.7. The maximum atomic E-state index is 12.6. The number of anilines is 1. The lowest BCUT2D eigenvalue weighted by molar-refractivity contribution is 0.0939. The second-order valence-electron chi connectivity index (χ2n) is 7.88. The minimum atomic E-state index is -3.68. The predicted octanol–water partition coefficient (Wildman–Crippen LogP) is 3.32. The Bertz CT molecular complexity index is 983. The van der Waals surface area contributed by atoms with Gasteiger partial charge in [-0.3, -0.25) is 14.4 Å². The van der Waals surface area contributed by atoms with Crippen molar-refractivity contribution < 1.29 is 13.2 Å². The van der Waals surface area contributed by atoms with Crippen LogP contribution in [-0.4, -0.2) is 44.9 Å². The first-order valence-corrected chi connectivity index (χ1v) is 11.4. The van der Waals surface area contributed by atoms with E-state index >= 15 is 0 Å². The molecule has 2 aromatic rings. The topological polar surface area (TPSA) is 78.5 Å². The van der Waals surface area contributed by atoms with Gasteiger partial charge in [-0.2, -0.15) is 0 Å². The van der Waals surface area contributed by atoms with Crippen molar-refractivity contribution in [2.45, 2.75) is 50.6 Å². The molecule has 1 atom stereocenters. The van der Waals surface area contributed by atoms with E-state index < -0.39 is 10.0 Å². The van der Waals surface area contributed by atoms with Crippen LogP contribution < -0.4 is 10.0 Å². The molecule has 1 saturated carbocycles. The fraction of sp³-hybridized carbons (Fsp3) is 0.409. The van der Waals surface area contributed by atoms with Gasteiger partial charge in [-0.05, 0) is 88.2 Å². The van der Waals surface area contributed by atoms with Crippen LogP contribution in [0.2, 0.25) is 0 Å². The van der Waals surface area contributed by atoms with E-state index in [2.05, 4.69) is 28.9 Å². The van der Waals surface area contributed by atoms with Gasteiger partial charge in [-0.15, -0.1) is 0 Å².